The van der Waals surface area contributed by atoms with E-state index in [1.54, 1.807) is 6.54 Å². The zero-order valence-corrected chi connectivity index (χ0v) is 33.8. The molecule has 57 heavy (non-hydrogen) atoms. The number of quaternary nitrogens is 1. The third-order valence-corrected chi connectivity index (χ3v) is 14.6. The highest BCUT2D eigenvalue weighted by atomic mass is 16.7. The van der Waals surface area contributed by atoms with Gasteiger partial charge >= 0.3 is 0 Å². The summed E-state index contributed by atoms with van der Waals surface area (Å²) in [4.78, 5) is 29.0. The zero-order chi connectivity index (χ0) is 40.9. The topological polar surface area (TPSA) is 245 Å². The van der Waals surface area contributed by atoms with Crippen molar-refractivity contribution < 1.29 is 59.8 Å². The number of aliphatic hydroxyl groups excluding tert-OH is 4. The van der Waals surface area contributed by atoms with E-state index < -0.39 is 72.4 Å². The Balaban J connectivity index is 1.12. The molecule has 0 aromatic rings. The first-order valence-electron chi connectivity index (χ1n) is 21.8. The number of carboxylic acids is 1. The number of aliphatic imine (C=N–C) groups is 1. The van der Waals surface area contributed by atoms with Crippen molar-refractivity contribution in [2.24, 2.45) is 52.2 Å². The van der Waals surface area contributed by atoms with E-state index >= 15 is 0 Å². The van der Waals surface area contributed by atoms with Crippen LogP contribution in [0, 0.1) is 48.0 Å². The fraction of sp³-hybridized carbons (Fsp3) is 0.814. The summed E-state index contributed by atoms with van der Waals surface area (Å²) in [6.45, 7) is 6.67. The first-order valence-corrected chi connectivity index (χ1v) is 21.8. The number of amides is 1. The van der Waals surface area contributed by atoms with Crippen molar-refractivity contribution in [3.63, 3.8) is 0 Å². The normalized spacial score (nSPS) is 42.2. The van der Waals surface area contributed by atoms with Crippen molar-refractivity contribution in [2.75, 3.05) is 13.1 Å². The van der Waals surface area contributed by atoms with E-state index in [2.05, 4.69) is 31.0 Å². The van der Waals surface area contributed by atoms with Gasteiger partial charge in [0.1, 0.15) is 37.0 Å². The molecule has 2 saturated heterocycles. The summed E-state index contributed by atoms with van der Waals surface area (Å²) < 4.78 is 16.9. The number of carbonyl (C=O) groups is 2. The SMILES string of the molecule is CCC1CCCCC1C=CC[C@H](C)[C@H](C[NH2+]C[C@@]1(O)[C@H](OC2CCC3C(C2)[OH+]C(C(N)=O)C(C2CCC(O)CC2)C3O)O[C@H](C(=O)[O-])[C@@H](O)[C@@H]1O)CC1=C[CH+]N=C1. The number of aliphatic carboxylic acids is 1. The molecule has 6 aliphatic rings. The summed E-state index contributed by atoms with van der Waals surface area (Å²) in [5, 5.41) is 70.0. The highest BCUT2D eigenvalue weighted by Gasteiger charge is 2.60. The molecule has 15 atom stereocenters. The van der Waals surface area contributed by atoms with E-state index in [0.717, 1.165) is 24.3 Å². The van der Waals surface area contributed by atoms with Crippen LogP contribution in [-0.2, 0) is 19.1 Å². The predicted molar refractivity (Wildman–Crippen MR) is 209 cm³/mol. The van der Waals surface area contributed by atoms with Crippen molar-refractivity contribution >= 4 is 18.1 Å². The van der Waals surface area contributed by atoms with Gasteiger partial charge in [-0.25, -0.2) is 0 Å². The van der Waals surface area contributed by atoms with Crippen LogP contribution < -0.4 is 16.2 Å². The van der Waals surface area contributed by atoms with E-state index in [-0.39, 0.29) is 42.7 Å². The zero-order valence-electron chi connectivity index (χ0n) is 33.8. The van der Waals surface area contributed by atoms with Crippen LogP contribution in [0.1, 0.15) is 104 Å². The molecule has 14 nitrogen and oxygen atoms in total. The standard InChI is InChI=1S/C43H67N3O11/c1-3-26-8-4-5-9-27(26)10-6-7-24(2)29(19-25-17-18-45-21-25)22-46-23-43(54)39(50)36(49)38(41(52)53)57-42(43)55-31-15-16-32-33(20-31)56-37(40(44)51)34(35(32)48)28-11-13-30(47)14-12-28/h6,10,17-18,21,24,26-39,42,46-50,54H,3-5,7-9,11-16,19-20,22-23H2,1-2H3,(H2-,44,51,52,53)/p+2/t24-,26?,27?,28?,29-,30?,31?,32?,33?,34?,35?,36+,37?,38-,39-,42+,43-/m0/s1. The number of nitrogens with zero attached hydrogens (tertiary/aromatic N) is 1. The van der Waals surface area contributed by atoms with Crippen molar-refractivity contribution in [1.82, 2.24) is 0 Å². The Bertz CT molecular complexity index is 1440. The number of carboxylic acid groups (broad SMARTS) is 1. The van der Waals surface area contributed by atoms with Crippen LogP contribution in [0.2, 0.25) is 0 Å². The quantitative estimate of drug-likeness (QED) is 0.0623. The van der Waals surface area contributed by atoms with Crippen LogP contribution in [0.15, 0.2) is 28.8 Å². The number of hydrogen-bond acceptors (Lipinski definition) is 11. The largest absolute Gasteiger partial charge is 0.547 e. The molecule has 10 N–H and O–H groups in total. The van der Waals surface area contributed by atoms with E-state index in [1.807, 2.05) is 17.6 Å². The third kappa shape index (κ3) is 10.3. The number of allylic oxidation sites excluding steroid dienone is 3. The molecule has 5 fully saturated rings. The van der Waals surface area contributed by atoms with Crippen LogP contribution in [0.25, 0.3) is 0 Å². The molecule has 3 saturated carbocycles. The highest BCUT2D eigenvalue weighted by Crippen LogP contribution is 2.45. The number of hydrogen-bond donors (Lipinski definition) is 7. The fourth-order valence-electron chi connectivity index (χ4n) is 11.0. The molecular formula is C43H69N3O11+2. The van der Waals surface area contributed by atoms with Gasteiger partial charge in [0.15, 0.2) is 24.2 Å². The summed E-state index contributed by atoms with van der Waals surface area (Å²) >= 11 is 0. The lowest BCUT2D eigenvalue weighted by Gasteiger charge is -2.50. The van der Waals surface area contributed by atoms with Gasteiger partial charge in [0, 0.05) is 18.8 Å². The molecule has 3 aliphatic heterocycles. The average molecular weight is 804 g/mol. The van der Waals surface area contributed by atoms with Gasteiger partial charge in [0.2, 0.25) is 6.10 Å². The number of nitrogens with two attached hydrogens (primary N) is 2. The van der Waals surface area contributed by atoms with Gasteiger partial charge in [-0.1, -0.05) is 45.3 Å². The minimum Gasteiger partial charge on any atom is -0.547 e. The number of rotatable bonds is 16. The Morgan fingerprint density at radius 1 is 1.12 bits per heavy atom. The van der Waals surface area contributed by atoms with Crippen LogP contribution in [0.3, 0.4) is 0 Å². The molecule has 0 aromatic carbocycles. The van der Waals surface area contributed by atoms with Gasteiger partial charge in [0.05, 0.1) is 48.7 Å². The maximum atomic E-state index is 12.7. The van der Waals surface area contributed by atoms with E-state index in [9.17, 15) is 40.2 Å². The Kier molecular flexibility index (Phi) is 15.3. The summed E-state index contributed by atoms with van der Waals surface area (Å²) in [6.07, 6.45) is 9.46. The van der Waals surface area contributed by atoms with Crippen molar-refractivity contribution in [3.8, 4) is 0 Å². The Morgan fingerprint density at radius 3 is 2.56 bits per heavy atom. The summed E-state index contributed by atoms with van der Waals surface area (Å²) in [5.41, 5.74) is 4.75. The molecule has 6 rings (SSSR count). The van der Waals surface area contributed by atoms with Gasteiger partial charge < -0.3 is 60.7 Å². The summed E-state index contributed by atoms with van der Waals surface area (Å²) in [7, 11) is 0. The second-order valence-corrected chi connectivity index (χ2v) is 18.2. The van der Waals surface area contributed by atoms with E-state index in [1.165, 1.54) is 32.1 Å². The van der Waals surface area contributed by atoms with Gasteiger partial charge in [-0.3, -0.25) is 4.79 Å². The van der Waals surface area contributed by atoms with Gasteiger partial charge in [0.25, 0.3) is 5.91 Å². The minimum atomic E-state index is -2.20. The van der Waals surface area contributed by atoms with Crippen LogP contribution in [0.5, 0.6) is 0 Å². The number of ether oxygens (including phenoxy) is 3. The number of fused-ring (bicyclic) bond motifs is 1. The lowest BCUT2D eigenvalue weighted by atomic mass is 9.66. The van der Waals surface area contributed by atoms with Gasteiger partial charge in [-0.2, -0.15) is 0 Å². The van der Waals surface area contributed by atoms with Crippen molar-refractivity contribution in [1.29, 1.82) is 0 Å². The predicted octanol–water partition coefficient (Wildman–Crippen LogP) is -0.0672. The number of primary amides is 1. The molecule has 1 amide bonds. The Labute approximate surface area is 337 Å². The molecule has 0 radical (unpaired) electrons. The molecule has 3 heterocycles. The number of aliphatic hydroxyl groups is 7. The lowest BCUT2D eigenvalue weighted by Crippen LogP contribution is -2.93. The second-order valence-electron chi connectivity index (χ2n) is 18.2. The summed E-state index contributed by atoms with van der Waals surface area (Å²) in [6, 6.07) is 0. The van der Waals surface area contributed by atoms with Crippen molar-refractivity contribution in [2.45, 2.75) is 164 Å². The number of carbonyl (C=O) groups excluding carboxylic acids is 2. The van der Waals surface area contributed by atoms with Gasteiger partial charge in [-0.05, 0) is 81.5 Å². The maximum absolute atomic E-state index is 12.7. The molecule has 0 spiro atoms. The van der Waals surface area contributed by atoms with Gasteiger partial charge in [-0.15, -0.1) is 4.99 Å². The fourth-order valence-corrected chi connectivity index (χ4v) is 11.0. The molecule has 8 unspecified atom stereocenters. The second kappa shape index (κ2) is 19.8. The molecule has 320 valence electrons. The first kappa shape index (κ1) is 44.2. The maximum Gasteiger partial charge on any atom is 0.297 e. The first-order chi connectivity index (χ1) is 27.3. The Morgan fingerprint density at radius 2 is 1.88 bits per heavy atom. The monoisotopic (exact) mass is 803 g/mol. The molecule has 3 aliphatic carbocycles. The molecular weight excluding hydrogens is 734 g/mol. The average Bonchev–Trinajstić information content (AvgIpc) is 3.71. The minimum absolute atomic E-state index is 0.00598. The van der Waals surface area contributed by atoms with E-state index in [4.69, 9.17) is 19.9 Å². The molecule has 14 heteroatoms. The smallest absolute Gasteiger partial charge is 0.297 e. The molecule has 0 aromatic heterocycles. The van der Waals surface area contributed by atoms with E-state index in [0.29, 0.717) is 51.0 Å². The Hall–Kier alpha value is -2.40. The summed E-state index contributed by atoms with van der Waals surface area (Å²) in [5.74, 6) is -1.28. The van der Waals surface area contributed by atoms with Crippen molar-refractivity contribution in [3.05, 3.63) is 30.3 Å². The van der Waals surface area contributed by atoms with Crippen LogP contribution >= 0.6 is 0 Å². The third-order valence-electron chi connectivity index (χ3n) is 14.6. The molecule has 0 bridgehead atoms. The van der Waals surface area contributed by atoms with Crippen LogP contribution in [0.4, 0.5) is 0 Å². The highest BCUT2D eigenvalue weighted by molar-refractivity contribution is 5.82. The van der Waals surface area contributed by atoms with Crippen LogP contribution in [-0.4, -0.2) is 122 Å². The lowest BCUT2D eigenvalue weighted by molar-refractivity contribution is -0.680.